The third-order valence-electron chi connectivity index (χ3n) is 4.66. The molecule has 1 aromatic rings. The first-order chi connectivity index (χ1) is 12.3. The Hall–Kier alpha value is -1.51. The molecule has 1 N–H and O–H groups in total. The Balaban J connectivity index is 0.00000364. The number of likely N-dealkylation sites (tertiary alicyclic amines) is 1. The zero-order chi connectivity index (χ0) is 19.2. The van der Waals surface area contributed by atoms with Crippen LogP contribution in [0, 0.1) is 0 Å². The number of ether oxygens (including phenoxy) is 1. The first-order valence-electron chi connectivity index (χ1n) is 8.70. The van der Waals surface area contributed by atoms with Gasteiger partial charge >= 0.3 is 12.1 Å². The molecule has 1 atom stereocenters. The van der Waals surface area contributed by atoms with Crippen LogP contribution >= 0.6 is 12.4 Å². The summed E-state index contributed by atoms with van der Waals surface area (Å²) < 4.78 is 43.1. The van der Waals surface area contributed by atoms with Crippen molar-refractivity contribution in [2.24, 2.45) is 0 Å². The summed E-state index contributed by atoms with van der Waals surface area (Å²) >= 11 is 0. The molecule has 9 heteroatoms. The highest BCUT2D eigenvalue weighted by Crippen LogP contribution is 2.30. The van der Waals surface area contributed by atoms with Crippen LogP contribution in [0.4, 0.5) is 13.2 Å². The third kappa shape index (κ3) is 7.94. The number of carbonyl (C=O) groups is 1. The van der Waals surface area contributed by atoms with E-state index in [2.05, 4.69) is 4.90 Å². The van der Waals surface area contributed by atoms with Crippen molar-refractivity contribution in [1.82, 2.24) is 9.80 Å². The molecule has 1 aliphatic heterocycles. The molecule has 1 heterocycles. The molecule has 1 saturated heterocycles. The number of benzene rings is 1. The number of rotatable bonds is 7. The summed E-state index contributed by atoms with van der Waals surface area (Å²) in [5, 5.41) is 8.89. The molecule has 0 radical (unpaired) electrons. The molecule has 0 aliphatic carbocycles. The van der Waals surface area contributed by atoms with E-state index in [0.29, 0.717) is 18.9 Å². The van der Waals surface area contributed by atoms with Crippen molar-refractivity contribution in [2.75, 3.05) is 39.8 Å². The smallest absolute Gasteiger partial charge is 0.416 e. The molecule has 2 rings (SSSR count). The number of likely N-dealkylation sites (N-methyl/N-ethyl adjacent to an activating group) is 1. The van der Waals surface area contributed by atoms with E-state index in [1.165, 1.54) is 12.1 Å². The van der Waals surface area contributed by atoms with Crippen molar-refractivity contribution < 1.29 is 27.8 Å². The number of hydrogen-bond acceptors (Lipinski definition) is 4. The van der Waals surface area contributed by atoms with Crippen molar-refractivity contribution in [3.63, 3.8) is 0 Å². The Labute approximate surface area is 163 Å². The molecule has 1 aliphatic rings. The Bertz CT molecular complexity index is 584. The van der Waals surface area contributed by atoms with Gasteiger partial charge in [0.05, 0.1) is 12.1 Å². The summed E-state index contributed by atoms with van der Waals surface area (Å²) in [5.41, 5.74) is -0.686. The van der Waals surface area contributed by atoms with E-state index in [0.717, 1.165) is 44.5 Å². The van der Waals surface area contributed by atoms with Crippen LogP contribution in [0.15, 0.2) is 24.3 Å². The van der Waals surface area contributed by atoms with Crippen LogP contribution in [-0.2, 0) is 11.0 Å². The first kappa shape index (κ1) is 23.5. The quantitative estimate of drug-likeness (QED) is 0.746. The topological polar surface area (TPSA) is 53.0 Å². The third-order valence-corrected chi connectivity index (χ3v) is 4.66. The van der Waals surface area contributed by atoms with E-state index in [4.69, 9.17) is 9.84 Å². The van der Waals surface area contributed by atoms with Gasteiger partial charge in [0.15, 0.2) is 0 Å². The molecule has 0 amide bonds. The zero-order valence-corrected chi connectivity index (χ0v) is 16.1. The van der Waals surface area contributed by atoms with Gasteiger partial charge in [-0.3, -0.25) is 14.6 Å². The number of carboxylic acids is 1. The van der Waals surface area contributed by atoms with Gasteiger partial charge in [-0.25, -0.2) is 0 Å². The minimum Gasteiger partial charge on any atom is -0.492 e. The van der Waals surface area contributed by atoms with E-state index in [1.54, 1.807) is 0 Å². The molecule has 1 unspecified atom stereocenters. The van der Waals surface area contributed by atoms with E-state index in [-0.39, 0.29) is 25.0 Å². The lowest BCUT2D eigenvalue weighted by Gasteiger charge is -2.25. The van der Waals surface area contributed by atoms with Gasteiger partial charge in [0.1, 0.15) is 12.4 Å². The normalized spacial score (nSPS) is 18.6. The summed E-state index contributed by atoms with van der Waals surface area (Å²) in [7, 11) is 1.84. The fourth-order valence-electron chi connectivity index (χ4n) is 3.18. The average Bonchev–Trinajstić information content (AvgIpc) is 2.80. The van der Waals surface area contributed by atoms with Crippen LogP contribution in [0.2, 0.25) is 0 Å². The van der Waals surface area contributed by atoms with Crippen LogP contribution in [0.3, 0.4) is 0 Å². The van der Waals surface area contributed by atoms with Crippen molar-refractivity contribution in [2.45, 2.75) is 31.5 Å². The molecular formula is C18H26ClF3N2O3. The van der Waals surface area contributed by atoms with Gasteiger partial charge < -0.3 is 9.84 Å². The molecule has 154 valence electrons. The van der Waals surface area contributed by atoms with Crippen LogP contribution in [0.25, 0.3) is 0 Å². The second-order valence-corrected chi connectivity index (χ2v) is 6.61. The van der Waals surface area contributed by atoms with Gasteiger partial charge in [-0.05, 0) is 63.7 Å². The number of alkyl halides is 3. The number of carboxylic acid groups (broad SMARTS) is 1. The lowest BCUT2D eigenvalue weighted by Crippen LogP contribution is -2.37. The van der Waals surface area contributed by atoms with E-state index < -0.39 is 17.7 Å². The molecule has 0 aromatic heterocycles. The first-order valence-corrected chi connectivity index (χ1v) is 8.70. The summed E-state index contributed by atoms with van der Waals surface area (Å²) in [6.45, 7) is 2.90. The molecule has 0 bridgehead atoms. The molecule has 1 fully saturated rings. The lowest BCUT2D eigenvalue weighted by molar-refractivity contribution is -0.139. The van der Waals surface area contributed by atoms with Gasteiger partial charge in [-0.2, -0.15) is 13.2 Å². The van der Waals surface area contributed by atoms with E-state index in [9.17, 15) is 18.0 Å². The zero-order valence-electron chi connectivity index (χ0n) is 15.2. The van der Waals surface area contributed by atoms with E-state index >= 15 is 0 Å². The van der Waals surface area contributed by atoms with Gasteiger partial charge in [0, 0.05) is 12.6 Å². The highest BCUT2D eigenvalue weighted by Gasteiger charge is 2.30. The molecular weight excluding hydrogens is 385 g/mol. The second kappa shape index (κ2) is 10.7. The van der Waals surface area contributed by atoms with Crippen LogP contribution in [-0.4, -0.2) is 66.8 Å². The minimum atomic E-state index is -4.34. The SMILES string of the molecule is CN(CC(=O)O)C1CCCN(CCOc2ccc(C(F)(F)F)cc2)CC1.Cl. The number of aliphatic carboxylic acids is 1. The monoisotopic (exact) mass is 410 g/mol. The highest BCUT2D eigenvalue weighted by atomic mass is 35.5. The predicted octanol–water partition coefficient (Wildman–Crippen LogP) is 3.38. The largest absolute Gasteiger partial charge is 0.492 e. The van der Waals surface area contributed by atoms with Gasteiger partial charge in [-0.1, -0.05) is 0 Å². The van der Waals surface area contributed by atoms with Crippen LogP contribution in [0.5, 0.6) is 5.75 Å². The van der Waals surface area contributed by atoms with Crippen LogP contribution in [0.1, 0.15) is 24.8 Å². The van der Waals surface area contributed by atoms with Gasteiger partial charge in [-0.15, -0.1) is 12.4 Å². The number of nitrogens with zero attached hydrogens (tertiary/aromatic N) is 2. The van der Waals surface area contributed by atoms with Crippen molar-refractivity contribution in [1.29, 1.82) is 0 Å². The molecule has 1 aromatic carbocycles. The maximum absolute atomic E-state index is 12.5. The predicted molar refractivity (Wildman–Crippen MR) is 98.5 cm³/mol. The minimum absolute atomic E-state index is 0. The Morgan fingerprint density at radius 3 is 2.52 bits per heavy atom. The second-order valence-electron chi connectivity index (χ2n) is 6.61. The summed E-state index contributed by atoms with van der Waals surface area (Å²) in [4.78, 5) is 15.0. The summed E-state index contributed by atoms with van der Waals surface area (Å²) in [6, 6.07) is 4.96. The molecule has 0 spiro atoms. The maximum Gasteiger partial charge on any atom is 0.416 e. The lowest BCUT2D eigenvalue weighted by atomic mass is 10.1. The van der Waals surface area contributed by atoms with Gasteiger partial charge in [0.2, 0.25) is 0 Å². The number of halogens is 4. The molecule has 0 saturated carbocycles. The standard InChI is InChI=1S/C18H25F3N2O3.ClH/c1-22(13-17(24)25)15-3-2-9-23(10-8-15)11-12-26-16-6-4-14(5-7-16)18(19,20)21;/h4-7,15H,2-3,8-13H2,1H3,(H,24,25);1H. The number of hydrogen-bond donors (Lipinski definition) is 1. The van der Waals surface area contributed by atoms with E-state index in [1.807, 2.05) is 11.9 Å². The summed E-state index contributed by atoms with van der Waals surface area (Å²) in [6.07, 6.45) is -1.51. The Kier molecular flexibility index (Phi) is 9.35. The highest BCUT2D eigenvalue weighted by molar-refractivity contribution is 5.85. The Morgan fingerprint density at radius 2 is 1.93 bits per heavy atom. The fourth-order valence-corrected chi connectivity index (χ4v) is 3.18. The van der Waals surface area contributed by atoms with Crippen molar-refractivity contribution in [3.8, 4) is 5.75 Å². The van der Waals surface area contributed by atoms with Crippen molar-refractivity contribution in [3.05, 3.63) is 29.8 Å². The molecule has 5 nitrogen and oxygen atoms in total. The average molecular weight is 411 g/mol. The van der Waals surface area contributed by atoms with Gasteiger partial charge in [0.25, 0.3) is 0 Å². The maximum atomic E-state index is 12.5. The summed E-state index contributed by atoms with van der Waals surface area (Å²) in [5.74, 6) is -0.398. The van der Waals surface area contributed by atoms with Crippen molar-refractivity contribution >= 4 is 18.4 Å². The molecule has 27 heavy (non-hydrogen) atoms. The fraction of sp³-hybridized carbons (Fsp3) is 0.611. The van der Waals surface area contributed by atoms with Crippen LogP contribution < -0.4 is 4.74 Å². The Morgan fingerprint density at radius 1 is 1.26 bits per heavy atom.